The van der Waals surface area contributed by atoms with Gasteiger partial charge in [0.1, 0.15) is 11.5 Å². The van der Waals surface area contributed by atoms with Crippen molar-refractivity contribution in [1.82, 2.24) is 15.7 Å². The van der Waals surface area contributed by atoms with Crippen molar-refractivity contribution in [2.75, 3.05) is 6.61 Å². The number of amides is 2. The molecule has 0 saturated carbocycles. The van der Waals surface area contributed by atoms with E-state index in [1.54, 1.807) is 18.3 Å². The number of furan rings is 1. The zero-order chi connectivity index (χ0) is 24.1. The van der Waals surface area contributed by atoms with Gasteiger partial charge in [-0.2, -0.15) is 5.10 Å². The lowest BCUT2D eigenvalue weighted by Gasteiger charge is -2.13. The zero-order valence-electron chi connectivity index (χ0n) is 18.4. The number of carbonyl (C=O) groups is 2. The molecule has 2 N–H and O–H groups in total. The Hall–Kier alpha value is -3.36. The van der Waals surface area contributed by atoms with Crippen molar-refractivity contribution in [2.24, 2.45) is 5.10 Å². The van der Waals surface area contributed by atoms with E-state index in [1.165, 1.54) is 6.07 Å². The number of pyridine rings is 1. The van der Waals surface area contributed by atoms with Gasteiger partial charge in [-0.15, -0.1) is 0 Å². The Kier molecular flexibility index (Phi) is 7.49. The zero-order valence-corrected chi connectivity index (χ0v) is 19.9. The van der Waals surface area contributed by atoms with E-state index in [-0.39, 0.29) is 18.3 Å². The summed E-state index contributed by atoms with van der Waals surface area (Å²) in [6.45, 7) is 1.84. The molecular weight excluding hydrogens is 479 g/mol. The number of nitrogens with zero attached hydrogens (tertiary/aromatic N) is 2. The topological polar surface area (TPSA) is 106 Å². The lowest BCUT2D eigenvalue weighted by Crippen LogP contribution is -2.27. The standard InChI is InChI=1S/C24H22Cl2N4O4/c1-14-22-18(29-30-21(31)13-33-19-9-8-15(25)11-17(19)26)6-4-7-20(22)34-23(14)24(32)28-12-16-5-2-3-10-27-16/h2-3,5,8-11H,4,6-7,12-13H2,1H3,(H,28,32)(H,30,31)/b29-18+. The monoisotopic (exact) mass is 500 g/mol. The Morgan fingerprint density at radius 2 is 2.06 bits per heavy atom. The number of ether oxygens (including phenoxy) is 1. The molecule has 1 aliphatic rings. The van der Waals surface area contributed by atoms with Crippen molar-refractivity contribution in [3.63, 3.8) is 0 Å². The quantitative estimate of drug-likeness (QED) is 0.466. The van der Waals surface area contributed by atoms with Gasteiger partial charge in [-0.1, -0.05) is 29.3 Å². The van der Waals surface area contributed by atoms with Crippen LogP contribution < -0.4 is 15.5 Å². The van der Waals surface area contributed by atoms with Crippen molar-refractivity contribution in [3.05, 3.63) is 81.0 Å². The normalized spacial score (nSPS) is 13.9. The average Bonchev–Trinajstić information content (AvgIpc) is 3.18. The Morgan fingerprint density at radius 1 is 1.21 bits per heavy atom. The summed E-state index contributed by atoms with van der Waals surface area (Å²) in [6, 6.07) is 10.2. The van der Waals surface area contributed by atoms with Gasteiger partial charge < -0.3 is 14.5 Å². The largest absolute Gasteiger partial charge is 0.482 e. The fourth-order valence-corrected chi connectivity index (χ4v) is 4.11. The molecule has 8 nitrogen and oxygen atoms in total. The molecule has 2 heterocycles. The maximum Gasteiger partial charge on any atom is 0.287 e. The number of fused-ring (bicyclic) bond motifs is 1. The van der Waals surface area contributed by atoms with Gasteiger partial charge in [0.2, 0.25) is 0 Å². The fraction of sp³-hybridized carbons (Fsp3) is 0.250. The number of rotatable bonds is 7. The summed E-state index contributed by atoms with van der Waals surface area (Å²) in [6.07, 6.45) is 3.80. The summed E-state index contributed by atoms with van der Waals surface area (Å²) in [5.74, 6) is 0.502. The third-order valence-electron chi connectivity index (χ3n) is 5.26. The van der Waals surface area contributed by atoms with E-state index >= 15 is 0 Å². The van der Waals surface area contributed by atoms with Gasteiger partial charge in [0.25, 0.3) is 11.8 Å². The van der Waals surface area contributed by atoms with Gasteiger partial charge >= 0.3 is 0 Å². The van der Waals surface area contributed by atoms with Crippen LogP contribution in [-0.4, -0.2) is 29.1 Å². The molecule has 2 amide bonds. The Labute approximate surface area is 206 Å². The van der Waals surface area contributed by atoms with E-state index in [9.17, 15) is 9.59 Å². The SMILES string of the molecule is Cc1c(C(=O)NCc2ccccn2)oc2c1/C(=N/NC(=O)COc1ccc(Cl)cc1Cl)CCC2. The molecule has 0 fully saturated rings. The average molecular weight is 501 g/mol. The van der Waals surface area contributed by atoms with Crippen molar-refractivity contribution in [2.45, 2.75) is 32.7 Å². The molecule has 10 heteroatoms. The van der Waals surface area contributed by atoms with Gasteiger partial charge in [0.05, 0.1) is 23.0 Å². The van der Waals surface area contributed by atoms with Gasteiger partial charge in [0, 0.05) is 28.8 Å². The van der Waals surface area contributed by atoms with Crippen LogP contribution in [-0.2, 0) is 17.8 Å². The number of carbonyl (C=O) groups excluding carboxylic acids is 2. The minimum atomic E-state index is -0.444. The van der Waals surface area contributed by atoms with Crippen LogP contribution in [0.25, 0.3) is 0 Å². The first-order valence-corrected chi connectivity index (χ1v) is 11.4. The second kappa shape index (κ2) is 10.7. The molecule has 2 aromatic heterocycles. The highest BCUT2D eigenvalue weighted by molar-refractivity contribution is 6.35. The summed E-state index contributed by atoms with van der Waals surface area (Å²) >= 11 is 11.9. The number of hydrogen-bond donors (Lipinski definition) is 2. The van der Waals surface area contributed by atoms with E-state index in [4.69, 9.17) is 32.4 Å². The predicted octanol–water partition coefficient (Wildman–Crippen LogP) is 4.46. The van der Waals surface area contributed by atoms with Crippen LogP contribution >= 0.6 is 23.2 Å². The van der Waals surface area contributed by atoms with E-state index in [0.717, 1.165) is 17.7 Å². The van der Waals surface area contributed by atoms with Gasteiger partial charge in [-0.3, -0.25) is 14.6 Å². The summed E-state index contributed by atoms with van der Waals surface area (Å²) in [5, 5.41) is 7.90. The van der Waals surface area contributed by atoms with Crippen molar-refractivity contribution >= 4 is 40.7 Å². The molecular formula is C24H22Cl2N4O4. The maximum atomic E-state index is 12.7. The van der Waals surface area contributed by atoms with Crippen LogP contribution in [0.5, 0.6) is 5.75 Å². The summed E-state index contributed by atoms with van der Waals surface area (Å²) in [4.78, 5) is 29.2. The van der Waals surface area contributed by atoms with Crippen LogP contribution in [0.1, 0.15) is 46.0 Å². The second-order valence-corrected chi connectivity index (χ2v) is 8.51. The molecule has 0 unspecified atom stereocenters. The smallest absolute Gasteiger partial charge is 0.287 e. The van der Waals surface area contributed by atoms with Crippen LogP contribution in [0, 0.1) is 6.92 Å². The molecule has 176 valence electrons. The summed E-state index contributed by atoms with van der Waals surface area (Å²) < 4.78 is 11.3. The van der Waals surface area contributed by atoms with Gasteiger partial charge in [0.15, 0.2) is 12.4 Å². The van der Waals surface area contributed by atoms with Crippen molar-refractivity contribution in [1.29, 1.82) is 0 Å². The molecule has 0 saturated heterocycles. The molecule has 4 rings (SSSR count). The number of hydrazone groups is 1. The van der Waals surface area contributed by atoms with Crippen LogP contribution in [0.2, 0.25) is 10.0 Å². The number of aromatic nitrogens is 1. The first-order valence-electron chi connectivity index (χ1n) is 10.7. The highest BCUT2D eigenvalue weighted by atomic mass is 35.5. The lowest BCUT2D eigenvalue weighted by molar-refractivity contribution is -0.123. The molecule has 34 heavy (non-hydrogen) atoms. The van der Waals surface area contributed by atoms with E-state index in [0.29, 0.717) is 52.2 Å². The highest BCUT2D eigenvalue weighted by Crippen LogP contribution is 2.30. The molecule has 0 atom stereocenters. The second-order valence-electron chi connectivity index (χ2n) is 7.67. The summed E-state index contributed by atoms with van der Waals surface area (Å²) in [7, 11) is 0. The molecule has 1 aromatic carbocycles. The predicted molar refractivity (Wildman–Crippen MR) is 128 cm³/mol. The van der Waals surface area contributed by atoms with E-state index in [2.05, 4.69) is 20.8 Å². The first-order chi connectivity index (χ1) is 16.4. The Balaban J connectivity index is 1.41. The third-order valence-corrected chi connectivity index (χ3v) is 5.79. The molecule has 3 aromatic rings. The van der Waals surface area contributed by atoms with Crippen molar-refractivity contribution in [3.8, 4) is 5.75 Å². The van der Waals surface area contributed by atoms with Gasteiger partial charge in [-0.05, 0) is 50.1 Å². The van der Waals surface area contributed by atoms with Crippen molar-refractivity contribution < 1.29 is 18.7 Å². The Bertz CT molecular complexity index is 1240. The third kappa shape index (κ3) is 5.58. The van der Waals surface area contributed by atoms with Gasteiger partial charge in [-0.25, -0.2) is 5.43 Å². The number of nitrogens with one attached hydrogen (secondary N) is 2. The van der Waals surface area contributed by atoms with Crippen LogP contribution in [0.4, 0.5) is 0 Å². The maximum absolute atomic E-state index is 12.7. The number of halogens is 2. The fourth-order valence-electron chi connectivity index (χ4n) is 3.65. The lowest BCUT2D eigenvalue weighted by atomic mass is 9.93. The molecule has 0 radical (unpaired) electrons. The molecule has 0 aliphatic heterocycles. The minimum absolute atomic E-state index is 0.238. The Morgan fingerprint density at radius 3 is 2.82 bits per heavy atom. The number of hydrogen-bond acceptors (Lipinski definition) is 6. The van der Waals surface area contributed by atoms with Crippen LogP contribution in [0.15, 0.2) is 52.1 Å². The molecule has 1 aliphatic carbocycles. The highest BCUT2D eigenvalue weighted by Gasteiger charge is 2.28. The number of benzene rings is 1. The number of aryl methyl sites for hydroxylation is 1. The van der Waals surface area contributed by atoms with E-state index in [1.807, 2.05) is 25.1 Å². The minimum Gasteiger partial charge on any atom is -0.482 e. The first kappa shape index (κ1) is 23.8. The van der Waals surface area contributed by atoms with E-state index < -0.39 is 5.91 Å². The van der Waals surface area contributed by atoms with Crippen LogP contribution in [0.3, 0.4) is 0 Å². The molecule has 0 spiro atoms. The summed E-state index contributed by atoms with van der Waals surface area (Å²) in [5.41, 5.74) is 5.36. The molecule has 0 bridgehead atoms.